The molecule has 0 saturated carbocycles. The molecule has 0 bridgehead atoms. The summed E-state index contributed by atoms with van der Waals surface area (Å²) < 4.78 is 17.7. The molecular formula is C31H24N2O6S. The molecule has 9 heteroatoms. The lowest BCUT2D eigenvalue weighted by molar-refractivity contribution is -0.117. The van der Waals surface area contributed by atoms with E-state index < -0.39 is 23.5 Å². The molecule has 0 aliphatic carbocycles. The number of methoxy groups -OCH3 is 1. The Kier molecular flexibility index (Phi) is 6.57. The predicted molar refractivity (Wildman–Crippen MR) is 151 cm³/mol. The number of amides is 1. The van der Waals surface area contributed by atoms with Gasteiger partial charge in [-0.2, -0.15) is 0 Å². The number of hydrogen-bond acceptors (Lipinski definition) is 8. The van der Waals surface area contributed by atoms with Crippen molar-refractivity contribution in [2.24, 2.45) is 0 Å². The fraction of sp³-hybridized carbons (Fsp3) is 0.129. The third-order valence-corrected chi connectivity index (χ3v) is 7.65. The molecule has 3 aromatic carbocycles. The minimum absolute atomic E-state index is 0.0317. The molecule has 3 heterocycles. The summed E-state index contributed by atoms with van der Waals surface area (Å²) in [4.78, 5) is 33.3. The molecule has 1 aliphatic rings. The van der Waals surface area contributed by atoms with Crippen molar-refractivity contribution in [3.05, 3.63) is 119 Å². The van der Waals surface area contributed by atoms with Gasteiger partial charge in [0.05, 0.1) is 28.9 Å². The van der Waals surface area contributed by atoms with Gasteiger partial charge in [-0.15, -0.1) is 0 Å². The summed E-state index contributed by atoms with van der Waals surface area (Å²) in [6.07, 6.45) is 0. The summed E-state index contributed by atoms with van der Waals surface area (Å²) in [7, 11) is 1.58. The molecule has 2 aromatic heterocycles. The van der Waals surface area contributed by atoms with E-state index >= 15 is 0 Å². The van der Waals surface area contributed by atoms with Crippen molar-refractivity contribution >= 4 is 38.4 Å². The van der Waals surface area contributed by atoms with Crippen LogP contribution in [0, 0.1) is 6.92 Å². The van der Waals surface area contributed by atoms with E-state index in [1.165, 1.54) is 22.3 Å². The summed E-state index contributed by atoms with van der Waals surface area (Å²) >= 11 is 1.26. The Hall–Kier alpha value is -4.89. The highest BCUT2D eigenvalue weighted by Gasteiger charge is 2.46. The number of aromatic nitrogens is 1. The normalized spacial score (nSPS) is 15.2. The molecule has 1 atom stereocenters. The summed E-state index contributed by atoms with van der Waals surface area (Å²) in [5, 5.41) is 11.4. The van der Waals surface area contributed by atoms with Gasteiger partial charge in [-0.1, -0.05) is 53.8 Å². The van der Waals surface area contributed by atoms with Crippen molar-refractivity contribution in [3.63, 3.8) is 0 Å². The Morgan fingerprint density at radius 2 is 1.85 bits per heavy atom. The van der Waals surface area contributed by atoms with Crippen LogP contribution in [0.4, 0.5) is 5.13 Å². The summed E-state index contributed by atoms with van der Waals surface area (Å²) in [6.45, 7) is 2.06. The van der Waals surface area contributed by atoms with Crippen molar-refractivity contribution in [3.8, 4) is 11.5 Å². The number of hydrogen-bond donors (Lipinski definition) is 1. The van der Waals surface area contributed by atoms with Crippen molar-refractivity contribution in [2.45, 2.75) is 19.6 Å². The SMILES string of the molecule is COc1ccc2nc(N3C(=O)C(O)=C(C(=O)c4ccc(C)o4)C3c3cccc(OCc4ccccc4)c3)sc2c1. The number of ether oxygens (including phenoxy) is 2. The highest BCUT2D eigenvalue weighted by atomic mass is 32.1. The third kappa shape index (κ3) is 4.60. The number of aliphatic hydroxyl groups excluding tert-OH is 1. The number of fused-ring (bicyclic) bond motifs is 1. The Balaban J connectivity index is 1.43. The standard InChI is InChI=1S/C31H24N2O6S/c1-18-11-14-24(39-18)28(34)26-27(20-9-6-10-22(15-20)38-17-19-7-4-3-5-8-19)33(30(36)29(26)35)31-32-23-13-12-21(37-2)16-25(23)40-31/h3-16,27,35H,17H2,1-2H3. The van der Waals surface area contributed by atoms with E-state index in [1.54, 1.807) is 56.5 Å². The van der Waals surface area contributed by atoms with Crippen LogP contribution in [0.5, 0.6) is 11.5 Å². The number of rotatable bonds is 8. The van der Waals surface area contributed by atoms with Gasteiger partial charge in [-0.05, 0) is 60.5 Å². The molecule has 40 heavy (non-hydrogen) atoms. The van der Waals surface area contributed by atoms with E-state index in [1.807, 2.05) is 36.4 Å². The van der Waals surface area contributed by atoms with E-state index in [-0.39, 0.29) is 11.3 Å². The highest BCUT2D eigenvalue weighted by Crippen LogP contribution is 2.45. The second-order valence-electron chi connectivity index (χ2n) is 9.26. The summed E-state index contributed by atoms with van der Waals surface area (Å²) in [5.41, 5.74) is 2.15. The first kappa shape index (κ1) is 25.4. The van der Waals surface area contributed by atoms with Gasteiger partial charge in [0.15, 0.2) is 16.7 Å². The maximum absolute atomic E-state index is 13.7. The van der Waals surface area contributed by atoms with Crippen LogP contribution in [-0.4, -0.2) is 28.9 Å². The van der Waals surface area contributed by atoms with Crippen LogP contribution in [0.2, 0.25) is 0 Å². The fourth-order valence-corrected chi connectivity index (χ4v) is 5.70. The molecular weight excluding hydrogens is 528 g/mol. The maximum Gasteiger partial charge on any atom is 0.296 e. The van der Waals surface area contributed by atoms with Crippen molar-refractivity contribution in [2.75, 3.05) is 12.0 Å². The third-order valence-electron chi connectivity index (χ3n) is 6.63. The zero-order chi connectivity index (χ0) is 27.8. The maximum atomic E-state index is 13.7. The average Bonchev–Trinajstić information content (AvgIpc) is 3.67. The number of carbonyl (C=O) groups is 2. The van der Waals surface area contributed by atoms with E-state index in [2.05, 4.69) is 4.98 Å². The predicted octanol–water partition coefficient (Wildman–Crippen LogP) is 6.57. The van der Waals surface area contributed by atoms with Crippen LogP contribution in [0.3, 0.4) is 0 Å². The number of benzene rings is 3. The lowest BCUT2D eigenvalue weighted by Crippen LogP contribution is -2.31. The number of aliphatic hydroxyl groups is 1. The summed E-state index contributed by atoms with van der Waals surface area (Å²) in [6, 6.07) is 24.5. The molecule has 0 radical (unpaired) electrons. The number of thiazole rings is 1. The van der Waals surface area contributed by atoms with Crippen LogP contribution < -0.4 is 14.4 Å². The van der Waals surface area contributed by atoms with Gasteiger partial charge >= 0.3 is 0 Å². The van der Waals surface area contributed by atoms with Crippen LogP contribution in [0.15, 0.2) is 101 Å². The van der Waals surface area contributed by atoms with Gasteiger partial charge in [0.2, 0.25) is 5.78 Å². The zero-order valence-corrected chi connectivity index (χ0v) is 22.5. The van der Waals surface area contributed by atoms with E-state index in [0.717, 1.165) is 10.3 Å². The number of carbonyl (C=O) groups excluding carboxylic acids is 2. The Labute approximate surface area is 233 Å². The second kappa shape index (κ2) is 10.3. The van der Waals surface area contributed by atoms with Crippen LogP contribution in [0.1, 0.15) is 33.5 Å². The van der Waals surface area contributed by atoms with Crippen LogP contribution in [0.25, 0.3) is 10.2 Å². The largest absolute Gasteiger partial charge is 0.503 e. The number of aryl methyl sites for hydroxylation is 1. The molecule has 0 spiro atoms. The van der Waals surface area contributed by atoms with Gasteiger partial charge in [0.25, 0.3) is 5.91 Å². The smallest absolute Gasteiger partial charge is 0.296 e. The molecule has 1 amide bonds. The fourth-order valence-electron chi connectivity index (χ4n) is 4.68. The van der Waals surface area contributed by atoms with Crippen LogP contribution >= 0.6 is 11.3 Å². The van der Waals surface area contributed by atoms with E-state index in [0.29, 0.717) is 40.1 Å². The first-order chi connectivity index (χ1) is 19.4. The van der Waals surface area contributed by atoms with Gasteiger partial charge in [-0.3, -0.25) is 14.5 Å². The van der Waals surface area contributed by atoms with Gasteiger partial charge in [0, 0.05) is 0 Å². The molecule has 200 valence electrons. The molecule has 1 aliphatic heterocycles. The Morgan fingerprint density at radius 3 is 2.60 bits per heavy atom. The average molecular weight is 553 g/mol. The lowest BCUT2D eigenvalue weighted by atomic mass is 9.95. The highest BCUT2D eigenvalue weighted by molar-refractivity contribution is 7.22. The molecule has 0 fully saturated rings. The van der Waals surface area contributed by atoms with Gasteiger partial charge < -0.3 is 19.0 Å². The molecule has 6 rings (SSSR count). The Bertz CT molecular complexity index is 1770. The molecule has 5 aromatic rings. The van der Waals surface area contributed by atoms with E-state index in [4.69, 9.17) is 13.9 Å². The molecule has 1 N–H and O–H groups in total. The van der Waals surface area contributed by atoms with Crippen LogP contribution in [-0.2, 0) is 11.4 Å². The molecule has 0 saturated heterocycles. The van der Waals surface area contributed by atoms with Gasteiger partial charge in [-0.25, -0.2) is 4.98 Å². The number of nitrogens with zero attached hydrogens (tertiary/aromatic N) is 2. The Morgan fingerprint density at radius 1 is 1.02 bits per heavy atom. The minimum Gasteiger partial charge on any atom is -0.503 e. The molecule has 8 nitrogen and oxygen atoms in total. The van der Waals surface area contributed by atoms with E-state index in [9.17, 15) is 14.7 Å². The summed E-state index contributed by atoms with van der Waals surface area (Å²) in [5.74, 6) is -0.170. The first-order valence-corrected chi connectivity index (χ1v) is 13.3. The lowest BCUT2D eigenvalue weighted by Gasteiger charge is -2.24. The second-order valence-corrected chi connectivity index (χ2v) is 10.3. The first-order valence-electron chi connectivity index (χ1n) is 12.5. The zero-order valence-electron chi connectivity index (χ0n) is 21.7. The number of furan rings is 1. The number of ketones is 1. The van der Waals surface area contributed by atoms with Crippen molar-refractivity contribution in [1.29, 1.82) is 0 Å². The quantitative estimate of drug-likeness (QED) is 0.217. The van der Waals surface area contributed by atoms with Crippen molar-refractivity contribution in [1.82, 2.24) is 4.98 Å². The topological polar surface area (TPSA) is 102 Å². The minimum atomic E-state index is -0.965. The van der Waals surface area contributed by atoms with Crippen molar-refractivity contribution < 1.29 is 28.6 Å². The number of anilines is 1. The number of Topliss-reactive ketones (excluding diaryl/α,β-unsaturated/α-hetero) is 1. The monoisotopic (exact) mass is 552 g/mol. The molecule has 1 unspecified atom stereocenters. The van der Waals surface area contributed by atoms with Gasteiger partial charge in [0.1, 0.15) is 23.9 Å².